The summed E-state index contributed by atoms with van der Waals surface area (Å²) in [4.78, 5) is 3.80. The van der Waals surface area contributed by atoms with E-state index in [0.717, 1.165) is 12.3 Å². The fraction of sp³-hybridized carbons (Fsp3) is 0.643. The number of nitrogens with one attached hydrogen (secondary N) is 1. The van der Waals surface area contributed by atoms with Gasteiger partial charge in [-0.1, -0.05) is 20.8 Å². The summed E-state index contributed by atoms with van der Waals surface area (Å²) in [6.07, 6.45) is -2.70. The Kier molecular flexibility index (Phi) is 5.72. The van der Waals surface area contributed by atoms with Crippen LogP contribution < -0.4 is 11.3 Å². The van der Waals surface area contributed by atoms with E-state index in [1.807, 2.05) is 20.8 Å². The van der Waals surface area contributed by atoms with Crippen molar-refractivity contribution in [1.82, 2.24) is 10.4 Å². The quantitative estimate of drug-likeness (QED) is 0.648. The molecular weight excluding hydrogens is 283 g/mol. The maximum absolute atomic E-state index is 13.2. The molecule has 0 aromatic carbocycles. The average molecular weight is 305 g/mol. The molecule has 1 rings (SSSR count). The Morgan fingerprint density at radius 2 is 1.95 bits per heavy atom. The van der Waals surface area contributed by atoms with Crippen LogP contribution in [0.3, 0.4) is 0 Å². The van der Waals surface area contributed by atoms with Crippen molar-refractivity contribution in [3.63, 3.8) is 0 Å². The highest BCUT2D eigenvalue weighted by molar-refractivity contribution is 5.30. The largest absolute Gasteiger partial charge is 0.416 e. The first-order chi connectivity index (χ1) is 9.62. The fourth-order valence-electron chi connectivity index (χ4n) is 2.28. The van der Waals surface area contributed by atoms with Crippen molar-refractivity contribution >= 4 is 0 Å². The van der Waals surface area contributed by atoms with Gasteiger partial charge in [0.15, 0.2) is 0 Å². The number of hydrogen-bond donors (Lipinski definition) is 2. The number of aromatic nitrogens is 1. The third-order valence-corrected chi connectivity index (χ3v) is 3.17. The lowest BCUT2D eigenvalue weighted by Crippen LogP contribution is -2.45. The number of pyridine rings is 1. The van der Waals surface area contributed by atoms with Gasteiger partial charge in [0.05, 0.1) is 17.7 Å². The first kappa shape index (κ1) is 17.9. The summed E-state index contributed by atoms with van der Waals surface area (Å²) >= 11 is 0. The van der Waals surface area contributed by atoms with Crippen LogP contribution in [0.5, 0.6) is 0 Å². The first-order valence-electron chi connectivity index (χ1n) is 6.71. The standard InChI is InChI=1S/C14H22F3N3O/c1-5-21-12(13(2,3)4)11(20-18)9-8-19-7-6-10(9)14(15,16)17/h6-8,11-12,20H,5,18H2,1-4H3. The number of rotatable bonds is 5. The van der Waals surface area contributed by atoms with Gasteiger partial charge in [-0.2, -0.15) is 13.2 Å². The number of alkyl halides is 3. The van der Waals surface area contributed by atoms with E-state index >= 15 is 0 Å². The summed E-state index contributed by atoms with van der Waals surface area (Å²) in [5, 5.41) is 0. The maximum atomic E-state index is 13.2. The minimum Gasteiger partial charge on any atom is -0.376 e. The van der Waals surface area contributed by atoms with Gasteiger partial charge in [-0.3, -0.25) is 16.3 Å². The summed E-state index contributed by atoms with van der Waals surface area (Å²) < 4.78 is 45.1. The van der Waals surface area contributed by atoms with Crippen molar-refractivity contribution in [1.29, 1.82) is 0 Å². The van der Waals surface area contributed by atoms with E-state index in [9.17, 15) is 13.2 Å². The lowest BCUT2D eigenvalue weighted by Gasteiger charge is -2.37. The van der Waals surface area contributed by atoms with E-state index < -0.39 is 29.3 Å². The second kappa shape index (κ2) is 6.72. The monoisotopic (exact) mass is 305 g/mol. The second-order valence-corrected chi connectivity index (χ2v) is 5.85. The molecule has 3 N–H and O–H groups in total. The molecule has 120 valence electrons. The summed E-state index contributed by atoms with van der Waals surface area (Å²) in [6.45, 7) is 7.84. The van der Waals surface area contributed by atoms with Gasteiger partial charge in [0.1, 0.15) is 0 Å². The Balaban J connectivity index is 3.33. The molecule has 0 spiro atoms. The molecule has 7 heteroatoms. The summed E-state index contributed by atoms with van der Waals surface area (Å²) in [7, 11) is 0. The molecule has 0 fully saturated rings. The number of hydrazine groups is 1. The SMILES string of the molecule is CCOC(C(NN)c1cnccc1C(F)(F)F)C(C)(C)C. The first-order valence-corrected chi connectivity index (χ1v) is 6.71. The zero-order valence-electron chi connectivity index (χ0n) is 12.7. The van der Waals surface area contributed by atoms with E-state index in [1.165, 1.54) is 6.20 Å². The number of halogens is 3. The van der Waals surface area contributed by atoms with Gasteiger partial charge in [-0.15, -0.1) is 0 Å². The van der Waals surface area contributed by atoms with E-state index in [0.29, 0.717) is 6.61 Å². The minimum atomic E-state index is -4.47. The van der Waals surface area contributed by atoms with Crippen LogP contribution in [0.4, 0.5) is 13.2 Å². The molecule has 0 aliphatic heterocycles. The van der Waals surface area contributed by atoms with Crippen molar-refractivity contribution in [3.05, 3.63) is 29.6 Å². The Morgan fingerprint density at radius 3 is 2.38 bits per heavy atom. The minimum absolute atomic E-state index is 0.0131. The predicted molar refractivity (Wildman–Crippen MR) is 74.2 cm³/mol. The highest BCUT2D eigenvalue weighted by atomic mass is 19.4. The Labute approximate surface area is 122 Å². The third-order valence-electron chi connectivity index (χ3n) is 3.17. The van der Waals surface area contributed by atoms with Crippen LogP contribution in [0.25, 0.3) is 0 Å². The van der Waals surface area contributed by atoms with Crippen molar-refractivity contribution < 1.29 is 17.9 Å². The van der Waals surface area contributed by atoms with Gasteiger partial charge < -0.3 is 4.74 Å². The van der Waals surface area contributed by atoms with Crippen molar-refractivity contribution in [2.45, 2.75) is 46.0 Å². The van der Waals surface area contributed by atoms with Crippen molar-refractivity contribution in [2.75, 3.05) is 6.61 Å². The number of hydrogen-bond acceptors (Lipinski definition) is 4. The molecule has 0 saturated heterocycles. The zero-order valence-corrected chi connectivity index (χ0v) is 12.7. The number of nitrogens with zero attached hydrogens (tertiary/aromatic N) is 1. The summed E-state index contributed by atoms with van der Waals surface area (Å²) in [6, 6.07) is 0.140. The molecule has 1 aromatic heterocycles. The smallest absolute Gasteiger partial charge is 0.376 e. The fourth-order valence-corrected chi connectivity index (χ4v) is 2.28. The molecule has 0 saturated carbocycles. The molecule has 21 heavy (non-hydrogen) atoms. The van der Waals surface area contributed by atoms with Crippen LogP contribution >= 0.6 is 0 Å². The van der Waals surface area contributed by atoms with Crippen LogP contribution in [0.15, 0.2) is 18.5 Å². The maximum Gasteiger partial charge on any atom is 0.416 e. The molecule has 2 atom stereocenters. The van der Waals surface area contributed by atoms with Gasteiger partial charge in [0.25, 0.3) is 0 Å². The molecule has 0 aliphatic carbocycles. The zero-order chi connectivity index (χ0) is 16.3. The van der Waals surface area contributed by atoms with Crippen molar-refractivity contribution in [2.24, 2.45) is 11.3 Å². The van der Waals surface area contributed by atoms with Crippen LogP contribution in [0.1, 0.15) is 44.9 Å². The van der Waals surface area contributed by atoms with Gasteiger partial charge in [-0.05, 0) is 18.4 Å². The Bertz CT molecular complexity index is 458. The second-order valence-electron chi connectivity index (χ2n) is 5.85. The average Bonchev–Trinajstić information content (AvgIpc) is 2.37. The summed E-state index contributed by atoms with van der Waals surface area (Å²) in [5.74, 6) is 5.52. The summed E-state index contributed by atoms with van der Waals surface area (Å²) in [5.41, 5.74) is 1.29. The molecule has 4 nitrogen and oxygen atoms in total. The van der Waals surface area contributed by atoms with Crippen LogP contribution in [-0.2, 0) is 10.9 Å². The third kappa shape index (κ3) is 4.39. The van der Waals surface area contributed by atoms with Crippen LogP contribution in [-0.4, -0.2) is 17.7 Å². The molecule has 1 aromatic rings. The molecule has 0 amide bonds. The predicted octanol–water partition coefficient (Wildman–Crippen LogP) is 3.06. The highest BCUT2D eigenvalue weighted by Crippen LogP contribution is 2.38. The molecule has 0 bridgehead atoms. The Hall–Kier alpha value is -1.18. The van der Waals surface area contributed by atoms with E-state index in [2.05, 4.69) is 10.4 Å². The molecular formula is C14H22F3N3O. The molecule has 0 radical (unpaired) electrons. The topological polar surface area (TPSA) is 60.2 Å². The lowest BCUT2D eigenvalue weighted by molar-refractivity contribution is -0.139. The lowest BCUT2D eigenvalue weighted by atomic mass is 9.81. The van der Waals surface area contributed by atoms with Crippen LogP contribution in [0.2, 0.25) is 0 Å². The van der Waals surface area contributed by atoms with Gasteiger partial charge in [0.2, 0.25) is 0 Å². The van der Waals surface area contributed by atoms with Gasteiger partial charge in [0, 0.05) is 24.6 Å². The number of nitrogens with two attached hydrogens (primary N) is 1. The Morgan fingerprint density at radius 1 is 1.33 bits per heavy atom. The molecule has 1 heterocycles. The van der Waals surface area contributed by atoms with Gasteiger partial charge >= 0.3 is 6.18 Å². The van der Waals surface area contributed by atoms with E-state index in [4.69, 9.17) is 10.6 Å². The van der Waals surface area contributed by atoms with E-state index in [1.54, 1.807) is 6.92 Å². The highest BCUT2D eigenvalue weighted by Gasteiger charge is 2.40. The normalized spacial score (nSPS) is 15.8. The van der Waals surface area contributed by atoms with Crippen molar-refractivity contribution in [3.8, 4) is 0 Å². The molecule has 2 unspecified atom stereocenters. The van der Waals surface area contributed by atoms with Gasteiger partial charge in [-0.25, -0.2) is 0 Å². The van der Waals surface area contributed by atoms with Crippen LogP contribution in [0, 0.1) is 5.41 Å². The molecule has 0 aliphatic rings. The van der Waals surface area contributed by atoms with E-state index in [-0.39, 0.29) is 5.56 Å². The number of ether oxygens (including phenoxy) is 1.